The molecule has 0 amide bonds. The van der Waals surface area contributed by atoms with Gasteiger partial charge in [0, 0.05) is 16.3 Å². The van der Waals surface area contributed by atoms with Gasteiger partial charge >= 0.3 is 6.18 Å². The second-order valence-electron chi connectivity index (χ2n) is 5.27. The first-order chi connectivity index (χ1) is 12.8. The predicted octanol–water partition coefficient (Wildman–Crippen LogP) is 5.85. The Labute approximate surface area is 160 Å². The fraction of sp³-hybridized carbons (Fsp3) is 0.176. The number of methoxy groups -OCH3 is 1. The molecule has 0 N–H and O–H groups in total. The zero-order chi connectivity index (χ0) is 19.6. The van der Waals surface area contributed by atoms with Crippen molar-refractivity contribution in [2.24, 2.45) is 0 Å². The Morgan fingerprint density at radius 2 is 1.96 bits per heavy atom. The van der Waals surface area contributed by atoms with Crippen LogP contribution in [-0.2, 0) is 11.9 Å². The van der Waals surface area contributed by atoms with Gasteiger partial charge in [-0.2, -0.15) is 13.2 Å². The van der Waals surface area contributed by atoms with E-state index in [4.69, 9.17) is 20.8 Å². The molecule has 1 aromatic heterocycles. The average molecular weight is 419 g/mol. The monoisotopic (exact) mass is 418 g/mol. The number of thioether (sulfide) groups is 1. The Balaban J connectivity index is 1.79. The van der Waals surface area contributed by atoms with Crippen LogP contribution in [0.25, 0.3) is 11.5 Å². The van der Waals surface area contributed by atoms with Gasteiger partial charge in [-0.25, -0.2) is 4.39 Å². The largest absolute Gasteiger partial charge is 0.494 e. The highest BCUT2D eigenvalue weighted by molar-refractivity contribution is 7.98. The van der Waals surface area contributed by atoms with E-state index in [1.807, 2.05) is 0 Å². The molecule has 0 aliphatic heterocycles. The lowest BCUT2D eigenvalue weighted by atomic mass is 10.1. The second kappa shape index (κ2) is 7.77. The number of hydrogen-bond donors (Lipinski definition) is 0. The van der Waals surface area contributed by atoms with Crippen molar-refractivity contribution in [1.29, 1.82) is 0 Å². The number of nitrogens with zero attached hydrogens (tertiary/aromatic N) is 2. The second-order valence-corrected chi connectivity index (χ2v) is 6.61. The highest BCUT2D eigenvalue weighted by atomic mass is 35.5. The van der Waals surface area contributed by atoms with Crippen molar-refractivity contribution in [3.63, 3.8) is 0 Å². The number of hydrogen-bond acceptors (Lipinski definition) is 5. The summed E-state index contributed by atoms with van der Waals surface area (Å²) in [7, 11) is 1.34. The maximum absolute atomic E-state index is 13.8. The molecule has 0 radical (unpaired) electrons. The summed E-state index contributed by atoms with van der Waals surface area (Å²) in [4.78, 5) is 0. The minimum absolute atomic E-state index is 0.00529. The van der Waals surface area contributed by atoms with Gasteiger partial charge in [0.2, 0.25) is 5.89 Å². The van der Waals surface area contributed by atoms with Crippen molar-refractivity contribution in [2.45, 2.75) is 17.2 Å². The molecule has 0 saturated carbocycles. The average Bonchev–Trinajstić information content (AvgIpc) is 3.08. The van der Waals surface area contributed by atoms with Gasteiger partial charge in [-0.15, -0.1) is 10.2 Å². The van der Waals surface area contributed by atoms with Crippen LogP contribution in [0.15, 0.2) is 46.0 Å². The van der Waals surface area contributed by atoms with Gasteiger partial charge in [0.05, 0.1) is 12.7 Å². The van der Waals surface area contributed by atoms with Gasteiger partial charge < -0.3 is 9.15 Å². The lowest BCUT2D eigenvalue weighted by molar-refractivity contribution is -0.138. The molecule has 0 aliphatic rings. The van der Waals surface area contributed by atoms with Crippen molar-refractivity contribution in [1.82, 2.24) is 10.2 Å². The summed E-state index contributed by atoms with van der Waals surface area (Å²) in [6.45, 7) is 0. The van der Waals surface area contributed by atoms with Gasteiger partial charge in [0.15, 0.2) is 11.6 Å². The molecule has 0 spiro atoms. The molecule has 142 valence electrons. The van der Waals surface area contributed by atoms with Crippen molar-refractivity contribution in [3.8, 4) is 17.2 Å². The maximum Gasteiger partial charge on any atom is 0.416 e. The summed E-state index contributed by atoms with van der Waals surface area (Å²) in [5.74, 6) is -0.624. The highest BCUT2D eigenvalue weighted by Gasteiger charge is 2.34. The van der Waals surface area contributed by atoms with Crippen molar-refractivity contribution >= 4 is 23.4 Å². The van der Waals surface area contributed by atoms with E-state index in [-0.39, 0.29) is 33.2 Å². The molecular weight excluding hydrogens is 408 g/mol. The minimum Gasteiger partial charge on any atom is -0.494 e. The zero-order valence-corrected chi connectivity index (χ0v) is 15.3. The van der Waals surface area contributed by atoms with Crippen LogP contribution in [0.1, 0.15) is 11.1 Å². The predicted molar refractivity (Wildman–Crippen MR) is 92.3 cm³/mol. The molecule has 1 heterocycles. The normalized spacial score (nSPS) is 11.6. The van der Waals surface area contributed by atoms with Gasteiger partial charge in [0.1, 0.15) is 0 Å². The van der Waals surface area contributed by atoms with Crippen LogP contribution in [0.5, 0.6) is 5.75 Å². The number of rotatable bonds is 5. The summed E-state index contributed by atoms with van der Waals surface area (Å²) in [6, 6.07) is 7.67. The third-order valence-corrected chi connectivity index (χ3v) is 4.77. The van der Waals surface area contributed by atoms with E-state index in [0.717, 1.165) is 23.9 Å². The first-order valence-corrected chi connectivity index (χ1v) is 8.80. The molecule has 4 nitrogen and oxygen atoms in total. The fourth-order valence-corrected chi connectivity index (χ4v) is 3.42. The summed E-state index contributed by atoms with van der Waals surface area (Å²) in [5, 5.41) is 7.59. The third-order valence-electron chi connectivity index (χ3n) is 3.57. The van der Waals surface area contributed by atoms with Gasteiger partial charge in [-0.05, 0) is 35.9 Å². The Bertz CT molecular complexity index is 962. The molecule has 0 saturated heterocycles. The van der Waals surface area contributed by atoms with Crippen molar-refractivity contribution < 1.29 is 26.7 Å². The SMILES string of the molecule is COc1ccc(-c2nnc(SCc3c(Cl)cccc3C(F)(F)F)o2)cc1F. The van der Waals surface area contributed by atoms with Crippen molar-refractivity contribution in [3.05, 3.63) is 58.4 Å². The van der Waals surface area contributed by atoms with Crippen LogP contribution in [0, 0.1) is 5.82 Å². The number of benzene rings is 2. The first-order valence-electron chi connectivity index (χ1n) is 7.44. The lowest BCUT2D eigenvalue weighted by Crippen LogP contribution is -2.09. The Hall–Kier alpha value is -2.26. The van der Waals surface area contributed by atoms with E-state index >= 15 is 0 Å². The number of halogens is 5. The van der Waals surface area contributed by atoms with Crippen LogP contribution < -0.4 is 4.74 Å². The van der Waals surface area contributed by atoms with E-state index in [9.17, 15) is 17.6 Å². The van der Waals surface area contributed by atoms with Gasteiger partial charge in [0.25, 0.3) is 5.22 Å². The van der Waals surface area contributed by atoms with E-state index in [2.05, 4.69) is 10.2 Å². The van der Waals surface area contributed by atoms with E-state index in [1.165, 1.54) is 31.4 Å². The molecule has 0 unspecified atom stereocenters. The van der Waals surface area contributed by atoms with Gasteiger partial charge in [-0.3, -0.25) is 0 Å². The maximum atomic E-state index is 13.8. The lowest BCUT2D eigenvalue weighted by Gasteiger charge is -2.13. The van der Waals surface area contributed by atoms with Crippen LogP contribution in [0.3, 0.4) is 0 Å². The zero-order valence-electron chi connectivity index (χ0n) is 13.7. The summed E-state index contributed by atoms with van der Waals surface area (Å²) in [5.41, 5.74) is -0.576. The molecule has 0 atom stereocenters. The smallest absolute Gasteiger partial charge is 0.416 e. The highest BCUT2D eigenvalue weighted by Crippen LogP contribution is 2.38. The fourth-order valence-electron chi connectivity index (χ4n) is 2.29. The molecule has 0 fully saturated rings. The minimum atomic E-state index is -4.53. The Morgan fingerprint density at radius 3 is 2.63 bits per heavy atom. The molecule has 3 aromatic rings. The summed E-state index contributed by atoms with van der Waals surface area (Å²) in [6.07, 6.45) is -4.53. The number of alkyl halides is 3. The van der Waals surface area contributed by atoms with Crippen LogP contribution >= 0.6 is 23.4 Å². The summed E-state index contributed by atoms with van der Waals surface area (Å²) >= 11 is 6.82. The third kappa shape index (κ3) is 4.36. The molecule has 3 rings (SSSR count). The van der Waals surface area contributed by atoms with Gasteiger partial charge in [-0.1, -0.05) is 29.4 Å². The van der Waals surface area contributed by atoms with E-state index < -0.39 is 17.6 Å². The molecule has 27 heavy (non-hydrogen) atoms. The molecular formula is C17H11ClF4N2O2S. The van der Waals surface area contributed by atoms with Crippen LogP contribution in [-0.4, -0.2) is 17.3 Å². The molecule has 2 aromatic carbocycles. The van der Waals surface area contributed by atoms with Crippen molar-refractivity contribution in [2.75, 3.05) is 7.11 Å². The Morgan fingerprint density at radius 1 is 1.19 bits per heavy atom. The first kappa shape index (κ1) is 19.5. The van der Waals surface area contributed by atoms with E-state index in [0.29, 0.717) is 5.56 Å². The van der Waals surface area contributed by atoms with Crippen LogP contribution in [0.2, 0.25) is 5.02 Å². The van der Waals surface area contributed by atoms with Crippen LogP contribution in [0.4, 0.5) is 17.6 Å². The van der Waals surface area contributed by atoms with E-state index in [1.54, 1.807) is 0 Å². The Kier molecular flexibility index (Phi) is 5.61. The number of ether oxygens (including phenoxy) is 1. The standard InChI is InChI=1S/C17H11ClF4N2O2S/c1-25-14-6-5-9(7-13(14)19)15-23-24-16(26-15)27-8-10-11(17(20,21)22)3-2-4-12(10)18/h2-7H,8H2,1H3. The molecule has 0 aliphatic carbocycles. The quantitative estimate of drug-likeness (QED) is 0.384. The topological polar surface area (TPSA) is 48.2 Å². The number of aromatic nitrogens is 2. The summed E-state index contributed by atoms with van der Waals surface area (Å²) < 4.78 is 63.3. The molecule has 10 heteroatoms. The molecule has 0 bridgehead atoms.